The highest BCUT2D eigenvalue weighted by Crippen LogP contribution is 2.30. The minimum absolute atomic E-state index is 0.0118. The molecule has 0 aliphatic carbocycles. The highest BCUT2D eigenvalue weighted by Gasteiger charge is 2.18. The Labute approximate surface area is 153 Å². The highest BCUT2D eigenvalue weighted by atomic mass is 16.5. The van der Waals surface area contributed by atoms with E-state index in [-0.39, 0.29) is 17.8 Å². The van der Waals surface area contributed by atoms with Crippen molar-refractivity contribution in [1.29, 1.82) is 0 Å². The van der Waals surface area contributed by atoms with Gasteiger partial charge in [0.05, 0.1) is 13.3 Å². The van der Waals surface area contributed by atoms with Crippen molar-refractivity contribution in [2.75, 3.05) is 13.7 Å². The lowest BCUT2D eigenvalue weighted by atomic mass is 9.86. The van der Waals surface area contributed by atoms with Gasteiger partial charge in [0.1, 0.15) is 17.2 Å². The van der Waals surface area contributed by atoms with Crippen LogP contribution in [0.4, 0.5) is 0 Å². The van der Waals surface area contributed by atoms with Crippen LogP contribution in [-0.4, -0.2) is 30.9 Å². The largest absolute Gasteiger partial charge is 0.507 e. The zero-order chi connectivity index (χ0) is 19.2. The number of phenolic OH excluding ortho intramolecular Hbond substituents is 1. The van der Waals surface area contributed by atoms with Crippen LogP contribution in [0.5, 0.6) is 17.2 Å². The molecule has 0 spiro atoms. The Bertz CT molecular complexity index is 795. The minimum atomic E-state index is -0.391. The van der Waals surface area contributed by atoms with Gasteiger partial charge in [-0.2, -0.15) is 5.10 Å². The first-order chi connectivity index (χ1) is 12.3. The number of hydrazone groups is 1. The normalized spacial score (nSPS) is 11.4. The summed E-state index contributed by atoms with van der Waals surface area (Å²) in [7, 11) is 1.51. The van der Waals surface area contributed by atoms with E-state index in [2.05, 4.69) is 31.3 Å². The minimum Gasteiger partial charge on any atom is -0.507 e. The fourth-order valence-corrected chi connectivity index (χ4v) is 2.32. The molecule has 0 aliphatic rings. The van der Waals surface area contributed by atoms with Gasteiger partial charge in [0.15, 0.2) is 6.61 Å². The fraction of sp³-hybridized carbons (Fsp3) is 0.300. The average molecular weight is 356 g/mol. The Balaban J connectivity index is 1.92. The summed E-state index contributed by atoms with van der Waals surface area (Å²) in [5.74, 6) is 0.831. The molecule has 26 heavy (non-hydrogen) atoms. The summed E-state index contributed by atoms with van der Waals surface area (Å²) in [6, 6.07) is 12.4. The molecule has 6 heteroatoms. The molecule has 2 N–H and O–H groups in total. The zero-order valence-electron chi connectivity index (χ0n) is 15.4. The van der Waals surface area contributed by atoms with Crippen LogP contribution in [0, 0.1) is 0 Å². The lowest BCUT2D eigenvalue weighted by molar-refractivity contribution is -0.123. The van der Waals surface area contributed by atoms with E-state index in [4.69, 9.17) is 9.47 Å². The number of hydrogen-bond acceptors (Lipinski definition) is 5. The van der Waals surface area contributed by atoms with Crippen LogP contribution in [0.3, 0.4) is 0 Å². The van der Waals surface area contributed by atoms with Gasteiger partial charge < -0.3 is 14.6 Å². The first kappa shape index (κ1) is 19.3. The third kappa shape index (κ3) is 5.24. The van der Waals surface area contributed by atoms with Crippen LogP contribution in [-0.2, 0) is 10.2 Å². The van der Waals surface area contributed by atoms with Gasteiger partial charge in [-0.05, 0) is 29.2 Å². The summed E-state index contributed by atoms with van der Waals surface area (Å²) < 4.78 is 10.6. The van der Waals surface area contributed by atoms with Gasteiger partial charge >= 0.3 is 0 Å². The third-order valence-electron chi connectivity index (χ3n) is 3.68. The molecular formula is C20H24N2O4. The zero-order valence-corrected chi connectivity index (χ0v) is 15.4. The summed E-state index contributed by atoms with van der Waals surface area (Å²) in [5.41, 5.74) is 3.78. The molecule has 0 bridgehead atoms. The molecule has 0 aliphatic heterocycles. The number of carbonyl (C=O) groups is 1. The van der Waals surface area contributed by atoms with E-state index in [1.54, 1.807) is 12.1 Å². The predicted octanol–water partition coefficient (Wildman–Crippen LogP) is 3.23. The van der Waals surface area contributed by atoms with Gasteiger partial charge in [-0.1, -0.05) is 39.0 Å². The first-order valence-corrected chi connectivity index (χ1v) is 8.22. The molecule has 1 amide bonds. The summed E-state index contributed by atoms with van der Waals surface area (Å²) in [5, 5.41) is 13.7. The number of benzene rings is 2. The Morgan fingerprint density at radius 1 is 1.23 bits per heavy atom. The maximum Gasteiger partial charge on any atom is 0.277 e. The van der Waals surface area contributed by atoms with Crippen molar-refractivity contribution in [3.05, 3.63) is 53.6 Å². The van der Waals surface area contributed by atoms with Gasteiger partial charge in [-0.25, -0.2) is 5.43 Å². The topological polar surface area (TPSA) is 80.2 Å². The number of methoxy groups -OCH3 is 1. The van der Waals surface area contributed by atoms with Gasteiger partial charge in [0, 0.05) is 11.6 Å². The van der Waals surface area contributed by atoms with E-state index in [1.165, 1.54) is 19.4 Å². The quantitative estimate of drug-likeness (QED) is 0.615. The molecule has 0 atom stereocenters. The number of aromatic hydroxyl groups is 1. The standard InChI is InChI=1S/C20H24N2O4/c1-20(2,3)16-7-5-6-8-18(16)26-13-19(24)22-21-12-14-9-10-15(25-4)11-17(14)23/h5-12,23H,13H2,1-4H3,(H,22,24). The number of phenols is 1. The number of para-hydroxylation sites is 1. The Morgan fingerprint density at radius 2 is 1.96 bits per heavy atom. The monoisotopic (exact) mass is 356 g/mol. The molecule has 0 heterocycles. The number of carbonyl (C=O) groups excluding carboxylic acids is 1. The maximum absolute atomic E-state index is 11.9. The van der Waals surface area contributed by atoms with Crippen molar-refractivity contribution < 1.29 is 19.4 Å². The van der Waals surface area contributed by atoms with Crippen molar-refractivity contribution in [3.8, 4) is 17.2 Å². The molecule has 0 saturated carbocycles. The van der Waals surface area contributed by atoms with Crippen LogP contribution in [0.1, 0.15) is 31.9 Å². The molecule has 0 aromatic heterocycles. The second kappa shape index (κ2) is 8.38. The summed E-state index contributed by atoms with van der Waals surface area (Å²) in [4.78, 5) is 11.9. The van der Waals surface area contributed by atoms with E-state index in [0.717, 1.165) is 5.56 Å². The molecule has 0 fully saturated rings. The molecule has 2 aromatic rings. The Morgan fingerprint density at radius 3 is 2.62 bits per heavy atom. The molecule has 0 unspecified atom stereocenters. The van der Waals surface area contributed by atoms with Gasteiger partial charge in [0.2, 0.25) is 0 Å². The Hall–Kier alpha value is -3.02. The highest BCUT2D eigenvalue weighted by molar-refractivity contribution is 5.85. The molecule has 0 radical (unpaired) electrons. The summed E-state index contributed by atoms with van der Waals surface area (Å²) in [6.07, 6.45) is 1.36. The van der Waals surface area contributed by atoms with Crippen molar-refractivity contribution in [2.45, 2.75) is 26.2 Å². The van der Waals surface area contributed by atoms with Crippen LogP contribution >= 0.6 is 0 Å². The number of nitrogens with zero attached hydrogens (tertiary/aromatic N) is 1. The van der Waals surface area contributed by atoms with E-state index >= 15 is 0 Å². The fourth-order valence-electron chi connectivity index (χ4n) is 2.32. The summed E-state index contributed by atoms with van der Waals surface area (Å²) in [6.45, 7) is 6.10. The van der Waals surface area contributed by atoms with Crippen molar-refractivity contribution >= 4 is 12.1 Å². The van der Waals surface area contributed by atoms with Crippen molar-refractivity contribution in [2.24, 2.45) is 5.10 Å². The van der Waals surface area contributed by atoms with Crippen LogP contribution < -0.4 is 14.9 Å². The van der Waals surface area contributed by atoms with Crippen LogP contribution in [0.15, 0.2) is 47.6 Å². The SMILES string of the molecule is COc1ccc(C=NNC(=O)COc2ccccc2C(C)(C)C)c(O)c1. The van der Waals surface area contributed by atoms with E-state index in [0.29, 0.717) is 17.1 Å². The maximum atomic E-state index is 11.9. The van der Waals surface area contributed by atoms with Crippen molar-refractivity contribution in [3.63, 3.8) is 0 Å². The first-order valence-electron chi connectivity index (χ1n) is 8.22. The molecular weight excluding hydrogens is 332 g/mol. The van der Waals surface area contributed by atoms with E-state index in [9.17, 15) is 9.90 Å². The second-order valence-electron chi connectivity index (χ2n) is 6.75. The smallest absolute Gasteiger partial charge is 0.277 e. The molecule has 6 nitrogen and oxygen atoms in total. The molecule has 2 aromatic carbocycles. The van der Waals surface area contributed by atoms with Crippen LogP contribution in [0.25, 0.3) is 0 Å². The molecule has 0 saturated heterocycles. The van der Waals surface area contributed by atoms with Gasteiger partial charge in [0.25, 0.3) is 5.91 Å². The predicted molar refractivity (Wildman–Crippen MR) is 101 cm³/mol. The number of hydrogen-bond donors (Lipinski definition) is 2. The van der Waals surface area contributed by atoms with Gasteiger partial charge in [-0.3, -0.25) is 4.79 Å². The molecule has 2 rings (SSSR count). The van der Waals surface area contributed by atoms with E-state index < -0.39 is 5.91 Å². The number of rotatable bonds is 6. The Kier molecular flexibility index (Phi) is 6.22. The summed E-state index contributed by atoms with van der Waals surface area (Å²) >= 11 is 0. The second-order valence-corrected chi connectivity index (χ2v) is 6.75. The number of amides is 1. The van der Waals surface area contributed by atoms with E-state index in [1.807, 2.05) is 24.3 Å². The number of ether oxygens (including phenoxy) is 2. The van der Waals surface area contributed by atoms with Crippen LogP contribution in [0.2, 0.25) is 0 Å². The lowest BCUT2D eigenvalue weighted by Gasteiger charge is -2.22. The van der Waals surface area contributed by atoms with Gasteiger partial charge in [-0.15, -0.1) is 0 Å². The molecule has 138 valence electrons. The third-order valence-corrected chi connectivity index (χ3v) is 3.68. The lowest BCUT2D eigenvalue weighted by Crippen LogP contribution is -2.25. The number of nitrogens with one attached hydrogen (secondary N) is 1. The van der Waals surface area contributed by atoms with Crippen molar-refractivity contribution in [1.82, 2.24) is 5.43 Å². The average Bonchev–Trinajstić information content (AvgIpc) is 2.60.